The van der Waals surface area contributed by atoms with Gasteiger partial charge in [0.2, 0.25) is 0 Å². The molecule has 0 saturated heterocycles. The second kappa shape index (κ2) is 3.23. The average molecular weight is 213 g/mol. The highest BCUT2D eigenvalue weighted by molar-refractivity contribution is 6.04. The minimum absolute atomic E-state index is 0.0659. The number of halogens is 1. The predicted octanol–water partition coefficient (Wildman–Crippen LogP) is 2.97. The molecule has 0 bridgehead atoms. The largest absolute Gasteiger partial charge is 0.294 e. The summed E-state index contributed by atoms with van der Waals surface area (Å²) in [6, 6.07) is 6.18. The number of rotatable bonds is 0. The maximum Gasteiger partial charge on any atom is 0.168 e. The Labute approximate surface area is 91.4 Å². The molecule has 0 unspecified atom stereocenters. The smallest absolute Gasteiger partial charge is 0.168 e. The Balaban J connectivity index is 2.35. The molecule has 0 atom stereocenters. The molecule has 16 heavy (non-hydrogen) atoms. The summed E-state index contributed by atoms with van der Waals surface area (Å²) in [7, 11) is 0. The first-order chi connectivity index (χ1) is 7.74. The van der Waals surface area contributed by atoms with E-state index in [0.717, 1.165) is 5.39 Å². The van der Waals surface area contributed by atoms with Gasteiger partial charge in [-0.1, -0.05) is 6.08 Å². The molecule has 1 aromatic carbocycles. The number of ketones is 1. The molecule has 1 aromatic heterocycles. The summed E-state index contributed by atoms with van der Waals surface area (Å²) in [5, 5.41) is 0.795. The zero-order valence-corrected chi connectivity index (χ0v) is 8.40. The number of benzene rings is 1. The van der Waals surface area contributed by atoms with Gasteiger partial charge in [0.15, 0.2) is 5.78 Å². The van der Waals surface area contributed by atoms with Gasteiger partial charge in [0, 0.05) is 23.4 Å². The number of fused-ring (bicyclic) bond motifs is 2. The summed E-state index contributed by atoms with van der Waals surface area (Å²) in [6.07, 6.45) is 4.01. The molecular formula is C13H8FNO. The lowest BCUT2D eigenvalue weighted by Crippen LogP contribution is -2.06. The fourth-order valence-electron chi connectivity index (χ4n) is 1.89. The molecule has 3 heteroatoms. The molecule has 1 heterocycles. The van der Waals surface area contributed by atoms with Gasteiger partial charge in [-0.15, -0.1) is 0 Å². The number of hydrogen-bond acceptors (Lipinski definition) is 2. The molecular weight excluding hydrogens is 205 g/mol. The first-order valence-corrected chi connectivity index (χ1v) is 5.04. The average Bonchev–Trinajstić information content (AvgIpc) is 2.27. The number of pyridine rings is 1. The molecule has 0 aliphatic heterocycles. The van der Waals surface area contributed by atoms with Crippen molar-refractivity contribution < 1.29 is 9.18 Å². The van der Waals surface area contributed by atoms with Gasteiger partial charge in [0.25, 0.3) is 0 Å². The fraction of sp³-hybridized carbons (Fsp3) is 0.0769. The number of carbonyl (C=O) groups is 1. The molecule has 0 amide bonds. The van der Waals surface area contributed by atoms with Crippen LogP contribution in [0.2, 0.25) is 0 Å². The number of allylic oxidation sites excluding steroid dienone is 1. The third kappa shape index (κ3) is 1.33. The van der Waals surface area contributed by atoms with Gasteiger partial charge in [0.05, 0.1) is 11.2 Å². The Kier molecular flexibility index (Phi) is 1.86. The number of hydrogen-bond donors (Lipinski definition) is 0. The minimum Gasteiger partial charge on any atom is -0.294 e. The maximum atomic E-state index is 13.0. The normalized spacial score (nSPS) is 14.2. The van der Waals surface area contributed by atoms with Crippen LogP contribution in [-0.4, -0.2) is 10.8 Å². The van der Waals surface area contributed by atoms with Gasteiger partial charge in [-0.05, 0) is 24.3 Å². The summed E-state index contributed by atoms with van der Waals surface area (Å²) >= 11 is 0. The molecule has 1 aliphatic carbocycles. The van der Waals surface area contributed by atoms with Crippen molar-refractivity contribution in [1.82, 2.24) is 4.98 Å². The van der Waals surface area contributed by atoms with Crippen molar-refractivity contribution in [1.29, 1.82) is 0 Å². The van der Waals surface area contributed by atoms with E-state index in [4.69, 9.17) is 0 Å². The number of nitrogens with zero attached hydrogens (tertiary/aromatic N) is 1. The van der Waals surface area contributed by atoms with E-state index in [2.05, 4.69) is 4.98 Å². The molecule has 78 valence electrons. The van der Waals surface area contributed by atoms with Crippen LogP contribution in [0.15, 0.2) is 30.3 Å². The van der Waals surface area contributed by atoms with Crippen LogP contribution in [0.5, 0.6) is 0 Å². The Bertz CT molecular complexity index is 631. The standard InChI is InChI=1S/C13H8FNO/c14-9-5-4-8-6-10-11(15-12(8)7-9)2-1-3-13(10)16/h1-2,4-7H,3H2. The molecule has 1 aliphatic rings. The van der Waals surface area contributed by atoms with Gasteiger partial charge in [-0.25, -0.2) is 9.37 Å². The van der Waals surface area contributed by atoms with Crippen LogP contribution >= 0.6 is 0 Å². The summed E-state index contributed by atoms with van der Waals surface area (Å²) in [5.74, 6) is -0.248. The van der Waals surface area contributed by atoms with Crippen molar-refractivity contribution in [3.8, 4) is 0 Å². The lowest BCUT2D eigenvalue weighted by atomic mass is 9.99. The van der Waals surface area contributed by atoms with Crippen LogP contribution in [0.1, 0.15) is 22.5 Å². The molecule has 2 nitrogen and oxygen atoms in total. The monoisotopic (exact) mass is 213 g/mol. The van der Waals surface area contributed by atoms with E-state index in [-0.39, 0.29) is 11.6 Å². The molecule has 0 spiro atoms. The van der Waals surface area contributed by atoms with E-state index in [1.165, 1.54) is 12.1 Å². The second-order valence-corrected chi connectivity index (χ2v) is 3.79. The van der Waals surface area contributed by atoms with E-state index in [9.17, 15) is 9.18 Å². The Morgan fingerprint density at radius 3 is 3.00 bits per heavy atom. The van der Waals surface area contributed by atoms with Gasteiger partial charge in [-0.2, -0.15) is 0 Å². The summed E-state index contributed by atoms with van der Waals surface area (Å²) < 4.78 is 13.0. The van der Waals surface area contributed by atoms with E-state index in [1.807, 2.05) is 0 Å². The molecule has 3 rings (SSSR count). The third-order valence-electron chi connectivity index (χ3n) is 2.69. The molecule has 2 aromatic rings. The quantitative estimate of drug-likeness (QED) is 0.673. The van der Waals surface area contributed by atoms with E-state index >= 15 is 0 Å². The minimum atomic E-state index is -0.314. The van der Waals surface area contributed by atoms with Crippen LogP contribution in [-0.2, 0) is 0 Å². The van der Waals surface area contributed by atoms with Crippen LogP contribution in [0.25, 0.3) is 17.0 Å². The lowest BCUT2D eigenvalue weighted by molar-refractivity contribution is 0.0994. The zero-order valence-electron chi connectivity index (χ0n) is 8.40. The maximum absolute atomic E-state index is 13.0. The number of carbonyl (C=O) groups excluding carboxylic acids is 1. The number of Topliss-reactive ketones (excluding diaryl/α,β-unsaturated/α-hetero) is 1. The Hall–Kier alpha value is -2.03. The van der Waals surface area contributed by atoms with Crippen molar-refractivity contribution in [2.75, 3.05) is 0 Å². The molecule has 0 fully saturated rings. The van der Waals surface area contributed by atoms with Gasteiger partial charge in [0.1, 0.15) is 5.82 Å². The fourth-order valence-corrected chi connectivity index (χ4v) is 1.89. The summed E-state index contributed by atoms with van der Waals surface area (Å²) in [6.45, 7) is 0. The van der Waals surface area contributed by atoms with Gasteiger partial charge >= 0.3 is 0 Å². The first-order valence-electron chi connectivity index (χ1n) is 5.04. The highest BCUT2D eigenvalue weighted by Gasteiger charge is 2.15. The Morgan fingerprint density at radius 2 is 2.12 bits per heavy atom. The lowest BCUT2D eigenvalue weighted by Gasteiger charge is -2.09. The van der Waals surface area contributed by atoms with Crippen molar-refractivity contribution in [3.63, 3.8) is 0 Å². The molecule has 0 saturated carbocycles. The van der Waals surface area contributed by atoms with E-state index < -0.39 is 0 Å². The molecule has 0 radical (unpaired) electrons. The van der Waals surface area contributed by atoms with Crippen molar-refractivity contribution >= 4 is 22.8 Å². The molecule has 0 N–H and O–H groups in total. The van der Waals surface area contributed by atoms with Gasteiger partial charge in [-0.3, -0.25) is 4.79 Å². The van der Waals surface area contributed by atoms with Crippen LogP contribution in [0.3, 0.4) is 0 Å². The summed E-state index contributed by atoms with van der Waals surface area (Å²) in [5.41, 5.74) is 1.84. The van der Waals surface area contributed by atoms with E-state index in [1.54, 1.807) is 24.3 Å². The van der Waals surface area contributed by atoms with Gasteiger partial charge < -0.3 is 0 Å². The second-order valence-electron chi connectivity index (χ2n) is 3.79. The topological polar surface area (TPSA) is 30.0 Å². The summed E-state index contributed by atoms with van der Waals surface area (Å²) in [4.78, 5) is 15.9. The zero-order chi connectivity index (χ0) is 11.1. The van der Waals surface area contributed by atoms with Crippen molar-refractivity contribution in [2.45, 2.75) is 6.42 Å². The number of aromatic nitrogens is 1. The van der Waals surface area contributed by atoms with Crippen LogP contribution < -0.4 is 0 Å². The third-order valence-corrected chi connectivity index (χ3v) is 2.69. The predicted molar refractivity (Wildman–Crippen MR) is 59.7 cm³/mol. The SMILES string of the molecule is O=C1CC=Cc2nc3cc(F)ccc3cc21. The highest BCUT2D eigenvalue weighted by atomic mass is 19.1. The Morgan fingerprint density at radius 1 is 1.25 bits per heavy atom. The van der Waals surface area contributed by atoms with Crippen LogP contribution in [0.4, 0.5) is 4.39 Å². The van der Waals surface area contributed by atoms with Crippen molar-refractivity contribution in [2.24, 2.45) is 0 Å². The highest BCUT2D eigenvalue weighted by Crippen LogP contribution is 2.23. The van der Waals surface area contributed by atoms with Crippen LogP contribution in [0, 0.1) is 5.82 Å². The first kappa shape index (κ1) is 9.21. The van der Waals surface area contributed by atoms with Crippen molar-refractivity contribution in [3.05, 3.63) is 47.4 Å². The van der Waals surface area contributed by atoms with E-state index in [0.29, 0.717) is 23.2 Å².